The third kappa shape index (κ3) is 3.99. The van der Waals surface area contributed by atoms with Gasteiger partial charge in [-0.05, 0) is 38.8 Å². The van der Waals surface area contributed by atoms with E-state index in [1.165, 1.54) is 32.4 Å². The van der Waals surface area contributed by atoms with E-state index in [0.29, 0.717) is 30.8 Å². The lowest BCUT2D eigenvalue weighted by atomic mass is 9.99. The molecule has 142 valence electrons. The fourth-order valence-electron chi connectivity index (χ4n) is 4.26. The number of hydrogen-bond acceptors (Lipinski definition) is 6. The van der Waals surface area contributed by atoms with Crippen LogP contribution in [0.15, 0.2) is 12.4 Å². The number of piperidine rings is 2. The highest BCUT2D eigenvalue weighted by Crippen LogP contribution is 2.22. The van der Waals surface area contributed by atoms with E-state index in [9.17, 15) is 4.79 Å². The van der Waals surface area contributed by atoms with Gasteiger partial charge in [0.15, 0.2) is 0 Å². The number of carbonyl (C=O) groups is 1. The molecule has 0 spiro atoms. The molecule has 0 unspecified atom stereocenters. The SMILES string of the molecule is O=C(c1cnc(N2CCOCC2)nc1)N1CCC(N2CCCCC2)CC1. The van der Waals surface area contributed by atoms with E-state index in [2.05, 4.69) is 19.8 Å². The van der Waals surface area contributed by atoms with Gasteiger partial charge in [-0.3, -0.25) is 4.79 Å². The number of aromatic nitrogens is 2. The Labute approximate surface area is 155 Å². The monoisotopic (exact) mass is 359 g/mol. The fraction of sp³-hybridized carbons (Fsp3) is 0.737. The Balaban J connectivity index is 1.31. The second-order valence-corrected chi connectivity index (χ2v) is 7.49. The number of ether oxygens (including phenoxy) is 1. The molecule has 7 heteroatoms. The lowest BCUT2D eigenvalue weighted by molar-refractivity contribution is 0.0589. The number of nitrogens with zero attached hydrogens (tertiary/aromatic N) is 5. The summed E-state index contributed by atoms with van der Waals surface area (Å²) in [5, 5.41) is 0. The van der Waals surface area contributed by atoms with Gasteiger partial charge >= 0.3 is 0 Å². The molecule has 1 aromatic rings. The average Bonchev–Trinajstić information content (AvgIpc) is 2.75. The zero-order valence-electron chi connectivity index (χ0n) is 15.5. The van der Waals surface area contributed by atoms with Gasteiger partial charge in [0.1, 0.15) is 0 Å². The first-order valence-corrected chi connectivity index (χ1v) is 9.99. The van der Waals surface area contributed by atoms with Crippen LogP contribution in [0.25, 0.3) is 0 Å². The summed E-state index contributed by atoms with van der Waals surface area (Å²) < 4.78 is 5.35. The van der Waals surface area contributed by atoms with Crippen LogP contribution in [0.3, 0.4) is 0 Å². The second kappa shape index (κ2) is 8.31. The second-order valence-electron chi connectivity index (χ2n) is 7.49. The van der Waals surface area contributed by atoms with Gasteiger partial charge in [0, 0.05) is 44.6 Å². The maximum Gasteiger partial charge on any atom is 0.256 e. The normalized spacial score (nSPS) is 23.2. The first-order valence-electron chi connectivity index (χ1n) is 9.99. The lowest BCUT2D eigenvalue weighted by Crippen LogP contribution is -2.48. The number of hydrogen-bond donors (Lipinski definition) is 0. The van der Waals surface area contributed by atoms with Gasteiger partial charge in [-0.2, -0.15) is 0 Å². The predicted molar refractivity (Wildman–Crippen MR) is 99.4 cm³/mol. The van der Waals surface area contributed by atoms with Gasteiger partial charge in [0.05, 0.1) is 18.8 Å². The minimum Gasteiger partial charge on any atom is -0.378 e. The van der Waals surface area contributed by atoms with Crippen LogP contribution in [0.1, 0.15) is 42.5 Å². The quantitative estimate of drug-likeness (QED) is 0.813. The van der Waals surface area contributed by atoms with E-state index in [0.717, 1.165) is 39.0 Å². The van der Waals surface area contributed by atoms with E-state index < -0.39 is 0 Å². The van der Waals surface area contributed by atoms with E-state index in [4.69, 9.17) is 4.74 Å². The smallest absolute Gasteiger partial charge is 0.256 e. The van der Waals surface area contributed by atoms with Crippen LogP contribution in [0.4, 0.5) is 5.95 Å². The Kier molecular flexibility index (Phi) is 5.65. The standard InChI is InChI=1S/C19H29N5O2/c25-18(16-14-20-19(21-15-16)24-10-12-26-13-11-24)23-8-4-17(5-9-23)22-6-2-1-3-7-22/h14-15,17H,1-13H2. The van der Waals surface area contributed by atoms with Crippen molar-refractivity contribution >= 4 is 11.9 Å². The highest BCUT2D eigenvalue weighted by atomic mass is 16.5. The van der Waals surface area contributed by atoms with Crippen molar-refractivity contribution in [2.75, 3.05) is 57.4 Å². The van der Waals surface area contributed by atoms with Crippen molar-refractivity contribution in [1.29, 1.82) is 0 Å². The molecule has 4 heterocycles. The fourth-order valence-corrected chi connectivity index (χ4v) is 4.26. The first-order chi connectivity index (χ1) is 12.8. The van der Waals surface area contributed by atoms with Crippen molar-refractivity contribution in [3.63, 3.8) is 0 Å². The van der Waals surface area contributed by atoms with Crippen LogP contribution in [0.5, 0.6) is 0 Å². The molecule has 3 aliphatic rings. The molecule has 3 aliphatic heterocycles. The Morgan fingerprint density at radius 1 is 0.923 bits per heavy atom. The van der Waals surface area contributed by atoms with Crippen molar-refractivity contribution in [1.82, 2.24) is 19.8 Å². The van der Waals surface area contributed by atoms with Crippen LogP contribution in [-0.2, 0) is 4.74 Å². The van der Waals surface area contributed by atoms with Crippen LogP contribution >= 0.6 is 0 Å². The van der Waals surface area contributed by atoms with Crippen LogP contribution < -0.4 is 4.90 Å². The molecule has 0 saturated carbocycles. The zero-order chi connectivity index (χ0) is 17.8. The van der Waals surface area contributed by atoms with Gasteiger partial charge in [0.25, 0.3) is 5.91 Å². The maximum atomic E-state index is 12.8. The summed E-state index contributed by atoms with van der Waals surface area (Å²) >= 11 is 0. The van der Waals surface area contributed by atoms with Crippen molar-refractivity contribution in [2.45, 2.75) is 38.1 Å². The summed E-state index contributed by atoms with van der Waals surface area (Å²) in [5.74, 6) is 0.754. The highest BCUT2D eigenvalue weighted by molar-refractivity contribution is 5.93. The number of likely N-dealkylation sites (tertiary alicyclic amines) is 2. The minimum absolute atomic E-state index is 0.0654. The van der Waals surface area contributed by atoms with E-state index >= 15 is 0 Å². The van der Waals surface area contributed by atoms with E-state index in [1.54, 1.807) is 12.4 Å². The van der Waals surface area contributed by atoms with E-state index in [-0.39, 0.29) is 5.91 Å². The number of anilines is 1. The molecule has 3 fully saturated rings. The largest absolute Gasteiger partial charge is 0.378 e. The zero-order valence-corrected chi connectivity index (χ0v) is 15.5. The first kappa shape index (κ1) is 17.7. The summed E-state index contributed by atoms with van der Waals surface area (Å²) in [6, 6.07) is 0.652. The van der Waals surface area contributed by atoms with Gasteiger partial charge in [0.2, 0.25) is 5.95 Å². The van der Waals surface area contributed by atoms with Gasteiger partial charge < -0.3 is 19.4 Å². The summed E-state index contributed by atoms with van der Waals surface area (Å²) in [6.07, 6.45) is 9.54. The molecule has 26 heavy (non-hydrogen) atoms. The number of carbonyl (C=O) groups excluding carboxylic acids is 1. The van der Waals surface area contributed by atoms with Crippen molar-refractivity contribution in [3.05, 3.63) is 18.0 Å². The van der Waals surface area contributed by atoms with Crippen LogP contribution in [0.2, 0.25) is 0 Å². The van der Waals surface area contributed by atoms with Crippen molar-refractivity contribution in [3.8, 4) is 0 Å². The molecule has 0 bridgehead atoms. The predicted octanol–water partition coefficient (Wildman–Crippen LogP) is 1.40. The molecule has 1 amide bonds. The van der Waals surface area contributed by atoms with Gasteiger partial charge in [-0.1, -0.05) is 6.42 Å². The summed E-state index contributed by atoms with van der Waals surface area (Å²) in [6.45, 7) is 7.15. The lowest BCUT2D eigenvalue weighted by Gasteiger charge is -2.40. The maximum absolute atomic E-state index is 12.8. The topological polar surface area (TPSA) is 61.8 Å². The van der Waals surface area contributed by atoms with Crippen molar-refractivity contribution < 1.29 is 9.53 Å². The molecule has 0 radical (unpaired) electrons. The van der Waals surface area contributed by atoms with Crippen LogP contribution in [0, 0.1) is 0 Å². The summed E-state index contributed by atoms with van der Waals surface area (Å²) in [5.41, 5.74) is 0.596. The van der Waals surface area contributed by atoms with Crippen LogP contribution in [-0.4, -0.2) is 84.2 Å². The highest BCUT2D eigenvalue weighted by Gasteiger charge is 2.28. The molecule has 7 nitrogen and oxygen atoms in total. The molecular weight excluding hydrogens is 330 g/mol. The Bertz CT molecular complexity index is 588. The Morgan fingerprint density at radius 2 is 1.58 bits per heavy atom. The number of morpholine rings is 1. The van der Waals surface area contributed by atoms with Crippen molar-refractivity contribution in [2.24, 2.45) is 0 Å². The number of amides is 1. The average molecular weight is 359 g/mol. The molecule has 0 atom stereocenters. The van der Waals surface area contributed by atoms with Gasteiger partial charge in [-0.25, -0.2) is 9.97 Å². The minimum atomic E-state index is 0.0654. The van der Waals surface area contributed by atoms with E-state index in [1.807, 2.05) is 4.90 Å². The number of rotatable bonds is 3. The molecule has 0 N–H and O–H groups in total. The van der Waals surface area contributed by atoms with Gasteiger partial charge in [-0.15, -0.1) is 0 Å². The molecular formula is C19H29N5O2. The summed E-state index contributed by atoms with van der Waals surface area (Å²) in [4.78, 5) is 28.3. The Morgan fingerprint density at radius 3 is 2.23 bits per heavy atom. The third-order valence-electron chi connectivity index (χ3n) is 5.84. The molecule has 1 aromatic heterocycles. The molecule has 0 aromatic carbocycles. The summed E-state index contributed by atoms with van der Waals surface area (Å²) in [7, 11) is 0. The third-order valence-corrected chi connectivity index (χ3v) is 5.84. The molecule has 0 aliphatic carbocycles. The Hall–Kier alpha value is -1.73. The molecule has 3 saturated heterocycles. The molecule has 4 rings (SSSR count).